The summed E-state index contributed by atoms with van der Waals surface area (Å²) in [6.07, 6.45) is -9.79. The van der Waals surface area contributed by atoms with Gasteiger partial charge in [-0.3, -0.25) is 0 Å². The largest absolute Gasteiger partial charge is 0.440 e. The predicted molar refractivity (Wildman–Crippen MR) is 75.3 cm³/mol. The Morgan fingerprint density at radius 3 is 2.20 bits per heavy atom. The maximum absolute atomic E-state index is 14.2. The van der Waals surface area contributed by atoms with E-state index in [2.05, 4.69) is 15.2 Å². The molecule has 13 heteroatoms. The first-order valence-electron chi connectivity index (χ1n) is 6.47. The minimum atomic E-state index is -5.21. The molecule has 1 atom stereocenters. The third-order valence-corrected chi connectivity index (χ3v) is 4.27. The van der Waals surface area contributed by atoms with Crippen molar-refractivity contribution in [1.29, 1.82) is 0 Å². The summed E-state index contributed by atoms with van der Waals surface area (Å²) in [7, 11) is 0. The highest BCUT2D eigenvalue weighted by atomic mass is 32.2. The van der Waals surface area contributed by atoms with Crippen LogP contribution in [0.3, 0.4) is 0 Å². The topological polar surface area (TPSA) is 89.1 Å². The van der Waals surface area contributed by atoms with E-state index in [0.29, 0.717) is 12.1 Å². The minimum absolute atomic E-state index is 0.0836. The molecule has 0 aliphatic carbocycles. The third kappa shape index (κ3) is 3.86. The van der Waals surface area contributed by atoms with Gasteiger partial charge in [-0.05, 0) is 17.7 Å². The molecule has 138 valence electrons. The Morgan fingerprint density at radius 2 is 1.76 bits per heavy atom. The maximum Gasteiger partial charge on any atom is 0.440 e. The van der Waals surface area contributed by atoms with E-state index in [-0.39, 0.29) is 28.8 Å². The van der Waals surface area contributed by atoms with Gasteiger partial charge in [-0.25, -0.2) is 9.38 Å². The average molecular weight is 389 g/mol. The van der Waals surface area contributed by atoms with Crippen LogP contribution in [0, 0.1) is 5.82 Å². The number of guanidine groups is 1. The van der Waals surface area contributed by atoms with Crippen LogP contribution in [-0.4, -0.2) is 24.1 Å². The molecular formula is C12H10F7N5S. The molecule has 0 spiro atoms. The number of thioether (sulfide) groups is 1. The zero-order valence-electron chi connectivity index (χ0n) is 12.1. The summed E-state index contributed by atoms with van der Waals surface area (Å²) in [4.78, 5) is 2.79. The smallest absolute Gasteiger partial charge is 0.367 e. The minimum Gasteiger partial charge on any atom is -0.367 e. The van der Waals surface area contributed by atoms with Crippen molar-refractivity contribution < 1.29 is 30.7 Å². The molecular weight excluding hydrogens is 379 g/mol. The normalized spacial score (nSPS) is 20.9. The first kappa shape index (κ1) is 19.4. The van der Waals surface area contributed by atoms with E-state index in [1.165, 1.54) is 0 Å². The third-order valence-electron chi connectivity index (χ3n) is 3.11. The van der Waals surface area contributed by atoms with Gasteiger partial charge in [0.05, 0.1) is 5.75 Å². The molecule has 1 unspecified atom stereocenters. The first-order valence-corrected chi connectivity index (χ1v) is 7.45. The first-order chi connectivity index (χ1) is 11.4. The summed E-state index contributed by atoms with van der Waals surface area (Å²) < 4.78 is 91.8. The molecule has 0 saturated heterocycles. The number of hydrogen-bond donors (Lipinski definition) is 2. The molecule has 2 rings (SSSR count). The van der Waals surface area contributed by atoms with Crippen molar-refractivity contribution in [2.45, 2.75) is 29.5 Å². The highest BCUT2D eigenvalue weighted by Gasteiger charge is 2.61. The van der Waals surface area contributed by atoms with E-state index in [4.69, 9.17) is 11.5 Å². The number of alkyl halides is 6. The van der Waals surface area contributed by atoms with Gasteiger partial charge in [-0.1, -0.05) is 0 Å². The predicted octanol–water partition coefficient (Wildman–Crippen LogP) is 3.43. The Hall–Kier alpha value is -1.89. The molecule has 25 heavy (non-hydrogen) atoms. The SMILES string of the molecule is NCc1cc(F)c(C2(C(F)(F)F)N=NC(N)=N2)cc1SCC(F)(F)F. The van der Waals surface area contributed by atoms with Crippen LogP contribution in [0.4, 0.5) is 30.7 Å². The molecule has 4 N–H and O–H groups in total. The summed E-state index contributed by atoms with van der Waals surface area (Å²) >= 11 is 0.179. The molecule has 1 aromatic rings. The lowest BCUT2D eigenvalue weighted by Crippen LogP contribution is -2.39. The summed E-state index contributed by atoms with van der Waals surface area (Å²) in [6.45, 7) is -0.372. The lowest BCUT2D eigenvalue weighted by Gasteiger charge is -2.26. The lowest BCUT2D eigenvalue weighted by molar-refractivity contribution is -0.187. The van der Waals surface area contributed by atoms with E-state index in [1.54, 1.807) is 0 Å². The number of benzene rings is 1. The average Bonchev–Trinajstić information content (AvgIpc) is 2.87. The number of nitrogens with two attached hydrogens (primary N) is 2. The van der Waals surface area contributed by atoms with Crippen LogP contribution in [0.5, 0.6) is 0 Å². The van der Waals surface area contributed by atoms with Gasteiger partial charge in [0.2, 0.25) is 5.96 Å². The van der Waals surface area contributed by atoms with E-state index >= 15 is 0 Å². The van der Waals surface area contributed by atoms with Gasteiger partial charge in [-0.2, -0.15) is 26.3 Å². The number of aliphatic imine (C=N–C) groups is 1. The van der Waals surface area contributed by atoms with Gasteiger partial charge >= 0.3 is 12.4 Å². The number of nitrogens with zero attached hydrogens (tertiary/aromatic N) is 3. The highest BCUT2D eigenvalue weighted by molar-refractivity contribution is 7.99. The Balaban J connectivity index is 2.59. The van der Waals surface area contributed by atoms with E-state index in [1.807, 2.05) is 0 Å². The standard InChI is InChI=1S/C12H10F7N5S/c13-7-1-5(3-20)8(25-4-10(14,15)16)2-6(7)11(12(17,18)19)22-9(21)23-24-11/h1-2H,3-4,20H2,(H2,21,22). The molecule has 0 bridgehead atoms. The lowest BCUT2D eigenvalue weighted by atomic mass is 9.98. The molecule has 1 aromatic carbocycles. The van der Waals surface area contributed by atoms with Crippen molar-refractivity contribution in [3.63, 3.8) is 0 Å². The van der Waals surface area contributed by atoms with Crippen molar-refractivity contribution >= 4 is 17.7 Å². The van der Waals surface area contributed by atoms with Gasteiger partial charge in [0, 0.05) is 17.0 Å². The van der Waals surface area contributed by atoms with Crippen molar-refractivity contribution in [2.75, 3.05) is 5.75 Å². The number of azo groups is 1. The monoisotopic (exact) mass is 389 g/mol. The van der Waals surface area contributed by atoms with Gasteiger partial charge in [0.25, 0.3) is 5.66 Å². The number of rotatable bonds is 4. The summed E-state index contributed by atoms with van der Waals surface area (Å²) in [6, 6.07) is 1.23. The van der Waals surface area contributed by atoms with Gasteiger partial charge in [0.1, 0.15) is 5.82 Å². The molecule has 1 heterocycles. The summed E-state index contributed by atoms with van der Waals surface area (Å²) in [5.74, 6) is -3.60. The molecule has 0 aromatic heterocycles. The Labute approximate surface area is 140 Å². The van der Waals surface area contributed by atoms with E-state index in [0.717, 1.165) is 0 Å². The quantitative estimate of drug-likeness (QED) is 0.611. The highest BCUT2D eigenvalue weighted by Crippen LogP contribution is 2.48. The zero-order chi connectivity index (χ0) is 19.0. The van der Waals surface area contributed by atoms with Gasteiger partial charge < -0.3 is 11.5 Å². The zero-order valence-corrected chi connectivity index (χ0v) is 12.9. The fraction of sp³-hybridized carbons (Fsp3) is 0.417. The van der Waals surface area contributed by atoms with Crippen LogP contribution in [-0.2, 0) is 12.2 Å². The molecule has 1 aliphatic heterocycles. The van der Waals surface area contributed by atoms with Gasteiger partial charge in [-0.15, -0.1) is 22.0 Å². The van der Waals surface area contributed by atoms with Crippen molar-refractivity contribution in [3.05, 3.63) is 29.1 Å². The Kier molecular flexibility index (Phi) is 5.01. The van der Waals surface area contributed by atoms with E-state index in [9.17, 15) is 30.7 Å². The molecule has 0 fully saturated rings. The second-order valence-corrected chi connectivity index (χ2v) is 5.90. The molecule has 0 saturated carbocycles. The molecule has 0 radical (unpaired) electrons. The Morgan fingerprint density at radius 1 is 1.12 bits per heavy atom. The molecule has 1 aliphatic rings. The van der Waals surface area contributed by atoms with Gasteiger partial charge in [0.15, 0.2) is 0 Å². The molecule has 5 nitrogen and oxygen atoms in total. The second kappa shape index (κ2) is 6.44. The van der Waals surface area contributed by atoms with Crippen molar-refractivity contribution in [1.82, 2.24) is 0 Å². The van der Waals surface area contributed by atoms with E-state index < -0.39 is 41.1 Å². The number of halogens is 7. The maximum atomic E-state index is 14.2. The van der Waals surface area contributed by atoms with Crippen LogP contribution in [0.15, 0.2) is 32.2 Å². The molecule has 0 amide bonds. The Bertz CT molecular complexity index is 728. The van der Waals surface area contributed by atoms with Crippen LogP contribution < -0.4 is 11.5 Å². The van der Waals surface area contributed by atoms with Crippen LogP contribution in [0.25, 0.3) is 0 Å². The van der Waals surface area contributed by atoms with Crippen LogP contribution >= 0.6 is 11.8 Å². The summed E-state index contributed by atoms with van der Waals surface area (Å²) in [5.41, 5.74) is 5.80. The fourth-order valence-corrected chi connectivity index (χ4v) is 2.88. The van der Waals surface area contributed by atoms with Crippen LogP contribution in [0.2, 0.25) is 0 Å². The number of hydrogen-bond acceptors (Lipinski definition) is 6. The second-order valence-electron chi connectivity index (χ2n) is 4.89. The van der Waals surface area contributed by atoms with Crippen molar-refractivity contribution in [3.8, 4) is 0 Å². The summed E-state index contributed by atoms with van der Waals surface area (Å²) in [5, 5.41) is 5.91. The fourth-order valence-electron chi connectivity index (χ4n) is 2.04. The van der Waals surface area contributed by atoms with Crippen LogP contribution in [0.1, 0.15) is 11.1 Å². The van der Waals surface area contributed by atoms with Crippen molar-refractivity contribution in [2.24, 2.45) is 26.7 Å².